The van der Waals surface area contributed by atoms with Crippen LogP contribution in [0.25, 0.3) is 0 Å². The summed E-state index contributed by atoms with van der Waals surface area (Å²) in [7, 11) is 0. The lowest BCUT2D eigenvalue weighted by Gasteiger charge is -2.39. The molecule has 1 aliphatic carbocycles. The molecule has 1 saturated heterocycles. The molecule has 1 saturated carbocycles. The average molecular weight is 361 g/mol. The van der Waals surface area contributed by atoms with Gasteiger partial charge in [-0.1, -0.05) is 0 Å². The highest BCUT2D eigenvalue weighted by molar-refractivity contribution is 7.98. The minimum absolute atomic E-state index is 0.0481. The molecule has 1 aromatic rings. The third-order valence-corrected chi connectivity index (χ3v) is 5.14. The fourth-order valence-corrected chi connectivity index (χ4v) is 3.76. The number of hydrogen-bond donors (Lipinski definition) is 1. The van der Waals surface area contributed by atoms with Crippen molar-refractivity contribution in [1.82, 2.24) is 4.72 Å². The predicted molar refractivity (Wildman–Crippen MR) is 83.2 cm³/mol. The molecule has 4 nitrogen and oxygen atoms in total. The summed E-state index contributed by atoms with van der Waals surface area (Å²) in [5.74, 6) is 0.513. The van der Waals surface area contributed by atoms with Gasteiger partial charge in [-0.2, -0.15) is 13.2 Å². The largest absolute Gasteiger partial charge is 0.411 e. The lowest BCUT2D eigenvalue weighted by Crippen LogP contribution is -2.53. The molecule has 0 unspecified atom stereocenters. The van der Waals surface area contributed by atoms with Gasteiger partial charge in [0.15, 0.2) is 0 Å². The van der Waals surface area contributed by atoms with Crippen molar-refractivity contribution < 1.29 is 22.3 Å². The molecule has 2 heterocycles. The highest BCUT2D eigenvalue weighted by Crippen LogP contribution is 2.45. The summed E-state index contributed by atoms with van der Waals surface area (Å²) >= 11 is 1.21. The van der Waals surface area contributed by atoms with Crippen molar-refractivity contribution in [2.75, 3.05) is 24.7 Å². The van der Waals surface area contributed by atoms with Crippen LogP contribution in [0.15, 0.2) is 22.0 Å². The van der Waals surface area contributed by atoms with Crippen LogP contribution in [-0.4, -0.2) is 37.8 Å². The summed E-state index contributed by atoms with van der Waals surface area (Å²) in [6, 6.07) is 0.645. The SMILES string of the molecule is Fc1cc2c(c(N3CCOC[C@H]3C(F)(F)F)c1)N=C(C1CC1)NS2. The van der Waals surface area contributed by atoms with Gasteiger partial charge in [-0.25, -0.2) is 9.38 Å². The zero-order valence-electron chi connectivity index (χ0n) is 12.6. The molecular formula is C15H15F4N3OS. The van der Waals surface area contributed by atoms with Gasteiger partial charge in [0.25, 0.3) is 0 Å². The zero-order chi connectivity index (χ0) is 16.9. The number of alkyl halides is 3. The lowest BCUT2D eigenvalue weighted by molar-refractivity contribution is -0.167. The van der Waals surface area contributed by atoms with Gasteiger partial charge in [0.05, 0.1) is 23.8 Å². The first-order valence-corrected chi connectivity index (χ1v) is 8.51. The molecule has 0 radical (unpaired) electrons. The first kappa shape index (κ1) is 16.0. The van der Waals surface area contributed by atoms with E-state index in [1.54, 1.807) is 0 Å². The Bertz CT molecular complexity index is 690. The number of amidine groups is 1. The summed E-state index contributed by atoms with van der Waals surface area (Å²) in [6.45, 7) is -0.242. The van der Waals surface area contributed by atoms with Gasteiger partial charge >= 0.3 is 6.18 Å². The van der Waals surface area contributed by atoms with E-state index in [1.807, 2.05) is 0 Å². The Morgan fingerprint density at radius 1 is 1.29 bits per heavy atom. The second kappa shape index (κ2) is 5.80. The molecule has 1 atom stereocenters. The van der Waals surface area contributed by atoms with Crippen LogP contribution in [0, 0.1) is 11.7 Å². The number of aliphatic imine (C=N–C) groups is 1. The number of nitrogens with zero attached hydrogens (tertiary/aromatic N) is 2. The highest BCUT2D eigenvalue weighted by Gasteiger charge is 2.46. The van der Waals surface area contributed by atoms with Gasteiger partial charge in [-0.3, -0.25) is 0 Å². The minimum atomic E-state index is -4.46. The average Bonchev–Trinajstić information content (AvgIpc) is 3.38. The van der Waals surface area contributed by atoms with E-state index in [4.69, 9.17) is 4.74 Å². The number of nitrogens with one attached hydrogen (secondary N) is 1. The number of hydrogen-bond acceptors (Lipinski definition) is 5. The normalized spacial score (nSPS) is 24.2. The van der Waals surface area contributed by atoms with Crippen molar-refractivity contribution in [3.8, 4) is 0 Å². The van der Waals surface area contributed by atoms with Gasteiger partial charge < -0.3 is 14.4 Å². The van der Waals surface area contributed by atoms with Crippen molar-refractivity contribution in [3.05, 3.63) is 17.9 Å². The van der Waals surface area contributed by atoms with E-state index in [-0.39, 0.29) is 18.8 Å². The fourth-order valence-electron chi connectivity index (χ4n) is 2.91. The number of halogens is 4. The standard InChI is InChI=1S/C15H15F4N3OS/c16-9-5-10(22-3-4-23-7-12(22)15(17,18)19)13-11(6-9)24-21-14(20-13)8-1-2-8/h5-6,8,12H,1-4,7H2,(H,20,21)/t12-/m0/s1. The van der Waals surface area contributed by atoms with Crippen molar-refractivity contribution in [2.45, 2.75) is 30.0 Å². The molecule has 24 heavy (non-hydrogen) atoms. The maximum atomic E-state index is 14.0. The summed E-state index contributed by atoms with van der Waals surface area (Å²) in [4.78, 5) is 6.18. The number of benzene rings is 1. The molecule has 0 bridgehead atoms. The molecule has 2 fully saturated rings. The van der Waals surface area contributed by atoms with Crippen LogP contribution < -0.4 is 9.62 Å². The second-order valence-corrected chi connectivity index (χ2v) is 6.92. The van der Waals surface area contributed by atoms with Crippen LogP contribution in [0.3, 0.4) is 0 Å². The Labute approximate surface area is 140 Å². The highest BCUT2D eigenvalue weighted by atomic mass is 32.2. The van der Waals surface area contributed by atoms with E-state index in [1.165, 1.54) is 22.9 Å². The van der Waals surface area contributed by atoms with Gasteiger partial charge in [-0.05, 0) is 36.9 Å². The summed E-state index contributed by atoms with van der Waals surface area (Å²) < 4.78 is 62.1. The van der Waals surface area contributed by atoms with Gasteiger partial charge in [0, 0.05) is 12.5 Å². The van der Waals surface area contributed by atoms with Gasteiger partial charge in [0.1, 0.15) is 23.4 Å². The molecule has 9 heteroatoms. The smallest absolute Gasteiger partial charge is 0.377 e. The van der Waals surface area contributed by atoms with Crippen LogP contribution in [-0.2, 0) is 4.74 Å². The van der Waals surface area contributed by atoms with Crippen molar-refractivity contribution in [3.63, 3.8) is 0 Å². The van der Waals surface area contributed by atoms with Crippen LogP contribution in [0.5, 0.6) is 0 Å². The van der Waals surface area contributed by atoms with Crippen LogP contribution in [0.4, 0.5) is 28.9 Å². The van der Waals surface area contributed by atoms with E-state index in [9.17, 15) is 17.6 Å². The van der Waals surface area contributed by atoms with Crippen molar-refractivity contribution in [1.29, 1.82) is 0 Å². The first-order chi connectivity index (χ1) is 11.4. The number of ether oxygens (including phenoxy) is 1. The van der Waals surface area contributed by atoms with E-state index in [2.05, 4.69) is 9.71 Å². The van der Waals surface area contributed by atoms with E-state index in [0.717, 1.165) is 24.7 Å². The van der Waals surface area contributed by atoms with Crippen molar-refractivity contribution >= 4 is 29.2 Å². The predicted octanol–water partition coefficient (Wildman–Crippen LogP) is 3.64. The number of rotatable bonds is 2. The number of fused-ring (bicyclic) bond motifs is 1. The first-order valence-electron chi connectivity index (χ1n) is 7.69. The molecule has 130 valence electrons. The molecular weight excluding hydrogens is 346 g/mol. The summed E-state index contributed by atoms with van der Waals surface area (Å²) in [5, 5.41) is 0. The monoisotopic (exact) mass is 361 g/mol. The fraction of sp³-hybridized carbons (Fsp3) is 0.533. The molecule has 0 spiro atoms. The van der Waals surface area contributed by atoms with Gasteiger partial charge in [-0.15, -0.1) is 0 Å². The molecule has 1 N–H and O–H groups in total. The Balaban J connectivity index is 1.78. The van der Waals surface area contributed by atoms with E-state index in [0.29, 0.717) is 16.5 Å². The maximum absolute atomic E-state index is 14.0. The lowest BCUT2D eigenvalue weighted by atomic mass is 10.1. The minimum Gasteiger partial charge on any atom is -0.377 e. The third kappa shape index (κ3) is 2.95. The van der Waals surface area contributed by atoms with Crippen LogP contribution >= 0.6 is 11.9 Å². The Kier molecular flexibility index (Phi) is 3.87. The molecule has 4 rings (SSSR count). The van der Waals surface area contributed by atoms with Crippen molar-refractivity contribution in [2.24, 2.45) is 10.9 Å². The molecule has 1 aromatic carbocycles. The van der Waals surface area contributed by atoms with Crippen LogP contribution in [0.2, 0.25) is 0 Å². The molecule has 3 aliphatic rings. The van der Waals surface area contributed by atoms with E-state index < -0.39 is 24.6 Å². The van der Waals surface area contributed by atoms with Gasteiger partial charge in [0.2, 0.25) is 0 Å². The summed E-state index contributed by atoms with van der Waals surface area (Å²) in [6.07, 6.45) is -2.43. The third-order valence-electron chi connectivity index (χ3n) is 4.30. The zero-order valence-corrected chi connectivity index (χ0v) is 13.4. The second-order valence-electron chi connectivity index (χ2n) is 6.07. The Hall–Kier alpha value is -1.48. The number of anilines is 1. The Morgan fingerprint density at radius 2 is 2.08 bits per heavy atom. The maximum Gasteiger partial charge on any atom is 0.411 e. The summed E-state index contributed by atoms with van der Waals surface area (Å²) in [5.41, 5.74) is 0.598. The quantitative estimate of drug-likeness (QED) is 0.645. The molecule has 0 aromatic heterocycles. The number of morpholine rings is 1. The van der Waals surface area contributed by atoms with E-state index >= 15 is 0 Å². The Morgan fingerprint density at radius 3 is 2.79 bits per heavy atom. The topological polar surface area (TPSA) is 36.9 Å². The van der Waals surface area contributed by atoms with Crippen LogP contribution in [0.1, 0.15) is 12.8 Å². The molecule has 2 aliphatic heterocycles. The molecule has 0 amide bonds.